The van der Waals surface area contributed by atoms with Gasteiger partial charge in [0.05, 0.1) is 19.6 Å². The molecule has 0 aromatic rings. The van der Waals surface area contributed by atoms with Gasteiger partial charge < -0.3 is 15.5 Å². The Balaban J connectivity index is 4.30. The molecule has 1 amide bonds. The van der Waals surface area contributed by atoms with E-state index < -0.39 is 5.97 Å². The largest absolute Gasteiger partial charge is 0.481 e. The second-order valence-electron chi connectivity index (χ2n) is 4.56. The smallest absolute Gasteiger partial charge is 0.304 e. The lowest BCUT2D eigenvalue weighted by Crippen LogP contribution is -2.45. The second-order valence-corrected chi connectivity index (χ2v) is 4.56. The Bertz CT molecular complexity index is 267. The Hall–Kier alpha value is -1.14. The Morgan fingerprint density at radius 3 is 2.47 bits per heavy atom. The van der Waals surface area contributed by atoms with E-state index in [1.807, 2.05) is 13.8 Å². The third-order valence-corrected chi connectivity index (χ3v) is 3.01. The number of carbonyl (C=O) groups excluding carboxylic acids is 1. The molecule has 0 rings (SSSR count). The van der Waals surface area contributed by atoms with Gasteiger partial charge in [-0.25, -0.2) is 0 Å². The third kappa shape index (κ3) is 8.56. The van der Waals surface area contributed by atoms with E-state index in [0.29, 0.717) is 13.0 Å². The molecule has 112 valence electrons. The summed E-state index contributed by atoms with van der Waals surface area (Å²) in [5.74, 6) is -1.02. The summed E-state index contributed by atoms with van der Waals surface area (Å²) in [6, 6.07) is -0.170. The van der Waals surface area contributed by atoms with Crippen molar-refractivity contribution in [2.45, 2.75) is 45.6 Å². The van der Waals surface area contributed by atoms with Crippen LogP contribution < -0.4 is 5.32 Å². The average molecular weight is 274 g/mol. The van der Waals surface area contributed by atoms with Crippen LogP contribution in [0.4, 0.5) is 0 Å². The normalized spacial score (nSPS) is 12.4. The van der Waals surface area contributed by atoms with E-state index in [1.165, 1.54) is 0 Å². The lowest BCUT2D eigenvalue weighted by molar-refractivity contribution is -0.138. The van der Waals surface area contributed by atoms with Gasteiger partial charge in [0.25, 0.3) is 0 Å². The van der Waals surface area contributed by atoms with E-state index in [4.69, 9.17) is 5.11 Å². The highest BCUT2D eigenvalue weighted by Crippen LogP contribution is 2.04. The summed E-state index contributed by atoms with van der Waals surface area (Å²) in [5.41, 5.74) is 0. The van der Waals surface area contributed by atoms with Gasteiger partial charge in [-0.1, -0.05) is 20.3 Å². The van der Waals surface area contributed by atoms with Crippen molar-refractivity contribution in [2.24, 2.45) is 0 Å². The number of aliphatic hydroxyl groups is 1. The molecule has 0 aromatic heterocycles. The van der Waals surface area contributed by atoms with E-state index in [2.05, 4.69) is 5.32 Å². The number of amides is 1. The Kier molecular flexibility index (Phi) is 10.1. The first-order chi connectivity index (χ1) is 9.04. The summed E-state index contributed by atoms with van der Waals surface area (Å²) in [7, 11) is 0. The van der Waals surface area contributed by atoms with Crippen LogP contribution in [0.15, 0.2) is 0 Å². The predicted molar refractivity (Wildman–Crippen MR) is 72.9 cm³/mol. The molecule has 0 radical (unpaired) electrons. The summed E-state index contributed by atoms with van der Waals surface area (Å²) in [5, 5.41) is 20.8. The number of aliphatic hydroxyl groups excluding tert-OH is 1. The maximum atomic E-state index is 11.7. The number of aliphatic carboxylic acids is 1. The number of carboxylic acids is 1. The van der Waals surface area contributed by atoms with Crippen molar-refractivity contribution in [1.29, 1.82) is 0 Å². The zero-order valence-corrected chi connectivity index (χ0v) is 11.9. The van der Waals surface area contributed by atoms with Crippen molar-refractivity contribution in [3.63, 3.8) is 0 Å². The van der Waals surface area contributed by atoms with Gasteiger partial charge in [0.2, 0.25) is 5.91 Å². The van der Waals surface area contributed by atoms with Crippen molar-refractivity contribution >= 4 is 11.9 Å². The van der Waals surface area contributed by atoms with Gasteiger partial charge in [-0.3, -0.25) is 14.5 Å². The molecule has 0 fully saturated rings. The highest BCUT2D eigenvalue weighted by atomic mass is 16.4. The predicted octanol–water partition coefficient (Wildman–Crippen LogP) is 0.450. The van der Waals surface area contributed by atoms with Gasteiger partial charge in [-0.2, -0.15) is 0 Å². The first kappa shape index (κ1) is 17.9. The van der Waals surface area contributed by atoms with E-state index in [9.17, 15) is 14.7 Å². The molecule has 1 atom stereocenters. The molecule has 0 aromatic carbocycles. The highest BCUT2D eigenvalue weighted by Gasteiger charge is 2.19. The van der Waals surface area contributed by atoms with Gasteiger partial charge in [-0.05, 0) is 12.8 Å². The molecule has 0 heterocycles. The lowest BCUT2D eigenvalue weighted by atomic mass is 10.2. The van der Waals surface area contributed by atoms with Crippen molar-refractivity contribution in [3.8, 4) is 0 Å². The molecule has 0 aliphatic heterocycles. The minimum Gasteiger partial charge on any atom is -0.481 e. The minimum absolute atomic E-state index is 0.0290. The van der Waals surface area contributed by atoms with Gasteiger partial charge in [0.15, 0.2) is 0 Å². The minimum atomic E-state index is -0.899. The zero-order valence-electron chi connectivity index (χ0n) is 11.9. The van der Waals surface area contributed by atoms with Crippen LogP contribution in [0, 0.1) is 0 Å². The Morgan fingerprint density at radius 2 is 2.00 bits per heavy atom. The standard InChI is InChI=1S/C13H26N2O4/c1-3-5-7-14-12(17)9-15(8-6-13(18)19)11(4-2)10-16/h11,16H,3-10H2,1-2H3,(H,14,17)(H,18,19). The quantitative estimate of drug-likeness (QED) is 0.476. The van der Waals surface area contributed by atoms with Gasteiger partial charge in [-0.15, -0.1) is 0 Å². The molecule has 3 N–H and O–H groups in total. The van der Waals surface area contributed by atoms with Crippen molar-refractivity contribution in [1.82, 2.24) is 10.2 Å². The Labute approximate surface area is 114 Å². The van der Waals surface area contributed by atoms with Crippen LogP contribution in [0.5, 0.6) is 0 Å². The maximum absolute atomic E-state index is 11.7. The number of hydrogen-bond acceptors (Lipinski definition) is 4. The summed E-state index contributed by atoms with van der Waals surface area (Å²) in [6.07, 6.45) is 2.59. The molecule has 19 heavy (non-hydrogen) atoms. The van der Waals surface area contributed by atoms with E-state index in [0.717, 1.165) is 12.8 Å². The van der Waals surface area contributed by atoms with Crippen LogP contribution >= 0.6 is 0 Å². The second kappa shape index (κ2) is 10.8. The molecule has 0 bridgehead atoms. The van der Waals surface area contributed by atoms with Crippen LogP contribution in [-0.4, -0.2) is 59.3 Å². The molecule has 0 saturated carbocycles. The summed E-state index contributed by atoms with van der Waals surface area (Å²) in [6.45, 7) is 4.93. The Morgan fingerprint density at radius 1 is 1.32 bits per heavy atom. The third-order valence-electron chi connectivity index (χ3n) is 3.01. The lowest BCUT2D eigenvalue weighted by Gasteiger charge is -2.28. The fraction of sp³-hybridized carbons (Fsp3) is 0.846. The van der Waals surface area contributed by atoms with E-state index >= 15 is 0 Å². The molecule has 6 heteroatoms. The van der Waals surface area contributed by atoms with Crippen molar-refractivity contribution in [3.05, 3.63) is 0 Å². The van der Waals surface area contributed by atoms with Gasteiger partial charge >= 0.3 is 5.97 Å². The monoisotopic (exact) mass is 274 g/mol. The number of carboxylic acid groups (broad SMARTS) is 1. The first-order valence-corrected chi connectivity index (χ1v) is 6.88. The number of carbonyl (C=O) groups is 2. The maximum Gasteiger partial charge on any atom is 0.304 e. The number of rotatable bonds is 11. The molecular formula is C13H26N2O4. The molecule has 0 aliphatic rings. The fourth-order valence-electron chi connectivity index (χ4n) is 1.78. The number of hydrogen-bond donors (Lipinski definition) is 3. The van der Waals surface area contributed by atoms with Crippen LogP contribution in [0.25, 0.3) is 0 Å². The molecule has 0 aliphatic carbocycles. The molecule has 6 nitrogen and oxygen atoms in total. The highest BCUT2D eigenvalue weighted by molar-refractivity contribution is 5.78. The summed E-state index contributed by atoms with van der Waals surface area (Å²) >= 11 is 0. The van der Waals surface area contributed by atoms with Crippen molar-refractivity contribution < 1.29 is 19.8 Å². The zero-order chi connectivity index (χ0) is 14.7. The van der Waals surface area contributed by atoms with Crippen LogP contribution in [0.3, 0.4) is 0 Å². The number of nitrogens with zero attached hydrogens (tertiary/aromatic N) is 1. The number of unbranched alkanes of at least 4 members (excludes halogenated alkanes) is 1. The topological polar surface area (TPSA) is 89.9 Å². The summed E-state index contributed by atoms with van der Waals surface area (Å²) < 4.78 is 0. The van der Waals surface area contributed by atoms with Gasteiger partial charge in [0.1, 0.15) is 0 Å². The average Bonchev–Trinajstić information content (AvgIpc) is 2.37. The SMILES string of the molecule is CCCCNC(=O)CN(CCC(=O)O)C(CC)CO. The van der Waals surface area contributed by atoms with Crippen LogP contribution in [-0.2, 0) is 9.59 Å². The van der Waals surface area contributed by atoms with E-state index in [-0.39, 0.29) is 38.1 Å². The molecule has 1 unspecified atom stereocenters. The van der Waals surface area contributed by atoms with Crippen molar-refractivity contribution in [2.75, 3.05) is 26.2 Å². The molecular weight excluding hydrogens is 248 g/mol. The van der Waals surface area contributed by atoms with E-state index in [1.54, 1.807) is 4.90 Å². The first-order valence-electron chi connectivity index (χ1n) is 6.88. The fourth-order valence-corrected chi connectivity index (χ4v) is 1.78. The molecule has 0 spiro atoms. The van der Waals surface area contributed by atoms with Gasteiger partial charge in [0, 0.05) is 19.1 Å². The summed E-state index contributed by atoms with van der Waals surface area (Å²) in [4.78, 5) is 24.1. The van der Waals surface area contributed by atoms with Crippen LogP contribution in [0.2, 0.25) is 0 Å². The molecule has 0 saturated heterocycles. The number of nitrogens with one attached hydrogen (secondary N) is 1. The van der Waals surface area contributed by atoms with Crippen LogP contribution in [0.1, 0.15) is 39.5 Å².